The second kappa shape index (κ2) is 5.27. The van der Waals surface area contributed by atoms with E-state index in [2.05, 4.69) is 23.4 Å². The molecule has 1 heterocycles. The van der Waals surface area contributed by atoms with E-state index in [9.17, 15) is 4.79 Å². The van der Waals surface area contributed by atoms with E-state index in [4.69, 9.17) is 5.84 Å². The van der Waals surface area contributed by atoms with Crippen LogP contribution in [-0.2, 0) is 4.79 Å². The molecule has 0 bridgehead atoms. The van der Waals surface area contributed by atoms with Gasteiger partial charge in [0.05, 0.1) is 0 Å². The van der Waals surface area contributed by atoms with Crippen molar-refractivity contribution in [2.24, 2.45) is 11.8 Å². The Morgan fingerprint density at radius 1 is 1.41 bits per heavy atom. The molecule has 0 atom stereocenters. The van der Waals surface area contributed by atoms with Crippen LogP contribution >= 0.6 is 0 Å². The lowest BCUT2D eigenvalue weighted by Crippen LogP contribution is -2.37. The van der Waals surface area contributed by atoms with Crippen molar-refractivity contribution < 1.29 is 4.79 Å². The maximum Gasteiger partial charge on any atom is 0.236 e. The standard InChI is InChI=1S/C13H19N3O/c1-9-6-7-15-12(8-9)10-2-4-11(5-3-10)13(17)16-14/h6-8,10-11H,2-5,14H2,1H3,(H,16,17). The zero-order valence-corrected chi connectivity index (χ0v) is 10.1. The number of rotatable bonds is 2. The van der Waals surface area contributed by atoms with Gasteiger partial charge in [-0.05, 0) is 50.3 Å². The molecule has 1 amide bonds. The number of nitrogens with one attached hydrogen (secondary N) is 1. The second-order valence-electron chi connectivity index (χ2n) is 4.82. The smallest absolute Gasteiger partial charge is 0.236 e. The Balaban J connectivity index is 1.97. The number of nitrogens with zero attached hydrogens (tertiary/aromatic N) is 1. The third-order valence-electron chi connectivity index (χ3n) is 3.60. The Kier molecular flexibility index (Phi) is 3.74. The lowest BCUT2D eigenvalue weighted by molar-refractivity contribution is -0.126. The number of aromatic nitrogens is 1. The third-order valence-corrected chi connectivity index (χ3v) is 3.60. The Morgan fingerprint density at radius 2 is 2.12 bits per heavy atom. The minimum atomic E-state index is -0.0272. The highest BCUT2D eigenvalue weighted by molar-refractivity contribution is 5.78. The summed E-state index contributed by atoms with van der Waals surface area (Å²) in [6, 6.07) is 4.16. The number of pyridine rings is 1. The SMILES string of the molecule is Cc1ccnc(C2CCC(C(=O)NN)CC2)c1. The van der Waals surface area contributed by atoms with Crippen molar-refractivity contribution in [2.75, 3.05) is 0 Å². The van der Waals surface area contributed by atoms with Crippen molar-refractivity contribution in [2.45, 2.75) is 38.5 Å². The van der Waals surface area contributed by atoms with Gasteiger partial charge in [-0.15, -0.1) is 0 Å². The van der Waals surface area contributed by atoms with Crippen molar-refractivity contribution >= 4 is 5.91 Å². The first-order valence-corrected chi connectivity index (χ1v) is 6.13. The molecule has 0 unspecified atom stereocenters. The van der Waals surface area contributed by atoms with Crippen LogP contribution in [0.3, 0.4) is 0 Å². The quantitative estimate of drug-likeness (QED) is 0.463. The van der Waals surface area contributed by atoms with Gasteiger partial charge in [0.2, 0.25) is 5.91 Å². The summed E-state index contributed by atoms with van der Waals surface area (Å²) in [5.74, 6) is 5.71. The van der Waals surface area contributed by atoms with Gasteiger partial charge in [0, 0.05) is 23.7 Å². The second-order valence-corrected chi connectivity index (χ2v) is 4.82. The number of hydrogen-bond acceptors (Lipinski definition) is 3. The molecule has 0 aliphatic heterocycles. The van der Waals surface area contributed by atoms with E-state index in [-0.39, 0.29) is 11.8 Å². The molecule has 0 saturated heterocycles. The van der Waals surface area contributed by atoms with E-state index in [1.54, 1.807) is 0 Å². The molecule has 17 heavy (non-hydrogen) atoms. The Bertz CT molecular complexity index is 397. The van der Waals surface area contributed by atoms with Crippen LogP contribution < -0.4 is 11.3 Å². The number of carbonyl (C=O) groups excluding carboxylic acids is 1. The molecular weight excluding hydrogens is 214 g/mol. The number of amides is 1. The third kappa shape index (κ3) is 2.82. The highest BCUT2D eigenvalue weighted by atomic mass is 16.2. The van der Waals surface area contributed by atoms with Gasteiger partial charge in [0.1, 0.15) is 0 Å². The molecule has 1 aromatic heterocycles. The maximum absolute atomic E-state index is 11.4. The Hall–Kier alpha value is -1.42. The molecule has 0 spiro atoms. The molecule has 92 valence electrons. The normalized spacial score (nSPS) is 24.4. The minimum absolute atomic E-state index is 0.0272. The topological polar surface area (TPSA) is 68.0 Å². The van der Waals surface area contributed by atoms with E-state index in [1.165, 1.54) is 5.56 Å². The van der Waals surface area contributed by atoms with Crippen LogP contribution in [0.1, 0.15) is 42.9 Å². The average Bonchev–Trinajstić information content (AvgIpc) is 2.38. The number of hydrogen-bond donors (Lipinski definition) is 2. The van der Waals surface area contributed by atoms with Gasteiger partial charge in [0.15, 0.2) is 0 Å². The summed E-state index contributed by atoms with van der Waals surface area (Å²) in [6.07, 6.45) is 5.72. The van der Waals surface area contributed by atoms with Gasteiger partial charge < -0.3 is 0 Å². The van der Waals surface area contributed by atoms with Gasteiger partial charge in [-0.3, -0.25) is 15.2 Å². The summed E-state index contributed by atoms with van der Waals surface area (Å²) >= 11 is 0. The predicted octanol–water partition coefficient (Wildman–Crippen LogP) is 1.65. The lowest BCUT2D eigenvalue weighted by Gasteiger charge is -2.27. The molecule has 3 N–H and O–H groups in total. The molecule has 4 nitrogen and oxygen atoms in total. The first-order chi connectivity index (χ1) is 8.20. The largest absolute Gasteiger partial charge is 0.294 e. The Morgan fingerprint density at radius 3 is 2.71 bits per heavy atom. The summed E-state index contributed by atoms with van der Waals surface area (Å²) in [5, 5.41) is 0. The minimum Gasteiger partial charge on any atom is -0.294 e. The molecule has 1 fully saturated rings. The van der Waals surface area contributed by atoms with Gasteiger partial charge >= 0.3 is 0 Å². The average molecular weight is 233 g/mol. The number of aryl methyl sites for hydroxylation is 1. The predicted molar refractivity (Wildman–Crippen MR) is 66.0 cm³/mol. The van der Waals surface area contributed by atoms with Crippen LogP contribution in [0.15, 0.2) is 18.3 Å². The van der Waals surface area contributed by atoms with Crippen molar-refractivity contribution in [3.8, 4) is 0 Å². The van der Waals surface area contributed by atoms with Crippen LogP contribution in [0.5, 0.6) is 0 Å². The molecule has 1 aliphatic carbocycles. The first kappa shape index (κ1) is 12.0. The Labute approximate surface area is 102 Å². The zero-order valence-electron chi connectivity index (χ0n) is 10.1. The summed E-state index contributed by atoms with van der Waals surface area (Å²) < 4.78 is 0. The van der Waals surface area contributed by atoms with Gasteiger partial charge in [-0.1, -0.05) is 0 Å². The summed E-state index contributed by atoms with van der Waals surface area (Å²) in [4.78, 5) is 15.8. The zero-order chi connectivity index (χ0) is 12.3. The maximum atomic E-state index is 11.4. The van der Waals surface area contributed by atoms with E-state index in [0.717, 1.165) is 31.4 Å². The molecule has 0 radical (unpaired) electrons. The van der Waals surface area contributed by atoms with Crippen molar-refractivity contribution in [3.05, 3.63) is 29.6 Å². The van der Waals surface area contributed by atoms with E-state index in [1.807, 2.05) is 12.3 Å². The highest BCUT2D eigenvalue weighted by Crippen LogP contribution is 2.34. The molecule has 1 saturated carbocycles. The van der Waals surface area contributed by atoms with Crippen LogP contribution in [0.2, 0.25) is 0 Å². The summed E-state index contributed by atoms with van der Waals surface area (Å²) in [6.45, 7) is 2.08. The molecule has 2 rings (SSSR count). The van der Waals surface area contributed by atoms with Crippen molar-refractivity contribution in [1.82, 2.24) is 10.4 Å². The fourth-order valence-electron chi connectivity index (χ4n) is 2.55. The number of nitrogens with two attached hydrogens (primary N) is 1. The van der Waals surface area contributed by atoms with Crippen LogP contribution in [-0.4, -0.2) is 10.9 Å². The molecular formula is C13H19N3O. The van der Waals surface area contributed by atoms with Gasteiger partial charge in [-0.25, -0.2) is 5.84 Å². The summed E-state index contributed by atoms with van der Waals surface area (Å²) in [7, 11) is 0. The van der Waals surface area contributed by atoms with E-state index >= 15 is 0 Å². The first-order valence-electron chi connectivity index (χ1n) is 6.13. The van der Waals surface area contributed by atoms with Crippen molar-refractivity contribution in [3.63, 3.8) is 0 Å². The van der Waals surface area contributed by atoms with Crippen LogP contribution in [0, 0.1) is 12.8 Å². The molecule has 1 aromatic rings. The molecule has 0 aromatic carbocycles. The number of hydrazine groups is 1. The van der Waals surface area contributed by atoms with Crippen LogP contribution in [0.25, 0.3) is 0 Å². The van der Waals surface area contributed by atoms with Gasteiger partial charge in [-0.2, -0.15) is 0 Å². The monoisotopic (exact) mass is 233 g/mol. The summed E-state index contributed by atoms with van der Waals surface area (Å²) in [5.41, 5.74) is 4.65. The van der Waals surface area contributed by atoms with E-state index in [0.29, 0.717) is 5.92 Å². The molecule has 1 aliphatic rings. The fraction of sp³-hybridized carbons (Fsp3) is 0.538. The van der Waals surface area contributed by atoms with E-state index < -0.39 is 0 Å². The van der Waals surface area contributed by atoms with Gasteiger partial charge in [0.25, 0.3) is 0 Å². The van der Waals surface area contributed by atoms with Crippen molar-refractivity contribution in [1.29, 1.82) is 0 Å². The molecule has 4 heteroatoms. The number of carbonyl (C=O) groups is 1. The highest BCUT2D eigenvalue weighted by Gasteiger charge is 2.27. The lowest BCUT2D eigenvalue weighted by atomic mass is 9.80. The fourth-order valence-corrected chi connectivity index (χ4v) is 2.55. The van der Waals surface area contributed by atoms with Crippen LogP contribution in [0.4, 0.5) is 0 Å².